The van der Waals surface area contributed by atoms with E-state index in [0.29, 0.717) is 0 Å². The zero-order valence-corrected chi connectivity index (χ0v) is 37.7. The fourth-order valence-corrected chi connectivity index (χ4v) is 9.16. The molecule has 0 amide bonds. The van der Waals surface area contributed by atoms with Gasteiger partial charge in [0.1, 0.15) is 0 Å². The molecular formula is C53H42N6Zn. The summed E-state index contributed by atoms with van der Waals surface area (Å²) in [7, 11) is 0. The van der Waals surface area contributed by atoms with Crippen molar-refractivity contribution in [3.05, 3.63) is 182 Å². The summed E-state index contributed by atoms with van der Waals surface area (Å²) in [5, 5.41) is 0. The molecule has 0 spiro atoms. The molecule has 8 bridgehead atoms. The van der Waals surface area contributed by atoms with Crippen LogP contribution in [0.25, 0.3) is 85.3 Å². The minimum atomic E-state index is 0. The molecule has 7 aromatic rings. The van der Waals surface area contributed by atoms with Crippen molar-refractivity contribution in [2.75, 3.05) is 0 Å². The van der Waals surface area contributed by atoms with Gasteiger partial charge in [-0.1, -0.05) is 90.0 Å². The van der Waals surface area contributed by atoms with E-state index in [9.17, 15) is 0 Å². The van der Waals surface area contributed by atoms with Crippen LogP contribution in [0.4, 0.5) is 0 Å². The van der Waals surface area contributed by atoms with Gasteiger partial charge in [-0.05, 0) is 151 Å². The predicted octanol–water partition coefficient (Wildman–Crippen LogP) is 12.5. The number of allylic oxidation sites excluding steroid dienone is 2. The Hall–Kier alpha value is -6.69. The molecule has 0 saturated carbocycles. The van der Waals surface area contributed by atoms with E-state index >= 15 is 0 Å². The second-order valence-corrected chi connectivity index (χ2v) is 15.8. The minimum absolute atomic E-state index is 0. The standard InChI is InChI=1S/C53H42N6.Zn/c1-30-25-32(3)48(33(4)26-30)52-44-17-15-38(56-44)29-39-16-18-45(57-39)53(49-34(5)27-31(2)28-35(49)6)47-22-20-43(59-47)51(42-19-21-46(52)58-42)37-13-11-36(12-14-37)50(40-9-7-23-54-40)41-10-8-24-55-41;/h7-29,54H,1-6H3;/q-2;+2/b38-29?,39-29?,50-41-,51-42?,51-43?,52-44?,52-46?,53-45?,53-47?;. The number of aromatic amines is 1. The maximum Gasteiger partial charge on any atom is 2.00 e. The summed E-state index contributed by atoms with van der Waals surface area (Å²) in [6.45, 7) is 13.0. The Morgan fingerprint density at radius 1 is 0.533 bits per heavy atom. The number of nitrogens with one attached hydrogen (secondary N) is 1. The average Bonchev–Trinajstić information content (AvgIpc) is 4.06. The number of H-pyrrole nitrogens is 1. The van der Waals surface area contributed by atoms with E-state index in [1.807, 2.05) is 24.6 Å². The summed E-state index contributed by atoms with van der Waals surface area (Å²) in [5.41, 5.74) is 24.4. The molecule has 0 atom stereocenters. The Bertz CT molecular complexity index is 3080. The second kappa shape index (κ2) is 15.5. The zero-order valence-electron chi connectivity index (χ0n) is 34.7. The van der Waals surface area contributed by atoms with Crippen LogP contribution in [0.5, 0.6) is 0 Å². The van der Waals surface area contributed by atoms with Crippen LogP contribution in [0.2, 0.25) is 0 Å². The number of hydrogen-bond acceptors (Lipinski definition) is 3. The van der Waals surface area contributed by atoms with E-state index in [1.165, 1.54) is 33.4 Å². The maximum atomic E-state index is 5.49. The molecule has 7 heteroatoms. The summed E-state index contributed by atoms with van der Waals surface area (Å²) in [6, 6.07) is 32.3. The van der Waals surface area contributed by atoms with Crippen molar-refractivity contribution in [3.63, 3.8) is 0 Å². The molecule has 0 fully saturated rings. The first-order valence-corrected chi connectivity index (χ1v) is 20.1. The van der Waals surface area contributed by atoms with Gasteiger partial charge in [0.2, 0.25) is 0 Å². The van der Waals surface area contributed by atoms with Crippen LogP contribution in [0.1, 0.15) is 67.4 Å². The fourth-order valence-electron chi connectivity index (χ4n) is 9.16. The number of hydrogen-bond donors (Lipinski definition) is 1. The summed E-state index contributed by atoms with van der Waals surface area (Å²) in [6.07, 6.45) is 16.3. The smallest absolute Gasteiger partial charge is 0.657 e. The van der Waals surface area contributed by atoms with E-state index in [4.69, 9.17) is 19.9 Å². The van der Waals surface area contributed by atoms with Crippen LogP contribution in [0, 0.1) is 41.5 Å². The monoisotopic (exact) mass is 826 g/mol. The van der Waals surface area contributed by atoms with Crippen LogP contribution in [-0.2, 0) is 19.5 Å². The van der Waals surface area contributed by atoms with Crippen LogP contribution >= 0.6 is 0 Å². The second-order valence-electron chi connectivity index (χ2n) is 15.8. The first-order valence-electron chi connectivity index (χ1n) is 20.1. The molecule has 1 N–H and O–H groups in total. The van der Waals surface area contributed by atoms with Crippen LogP contribution in [-0.4, -0.2) is 21.2 Å². The van der Waals surface area contributed by atoms with Gasteiger partial charge in [-0.25, -0.2) is 9.97 Å². The van der Waals surface area contributed by atoms with Crippen molar-refractivity contribution >= 4 is 58.2 Å². The largest absolute Gasteiger partial charge is 2.00 e. The molecular weight excluding hydrogens is 786 g/mol. The first kappa shape index (κ1) is 38.8. The van der Waals surface area contributed by atoms with E-state index < -0.39 is 0 Å². The normalized spacial score (nSPS) is 13.6. The van der Waals surface area contributed by atoms with Gasteiger partial charge in [-0.2, -0.15) is 0 Å². The van der Waals surface area contributed by atoms with Crippen molar-refractivity contribution in [1.29, 1.82) is 0 Å². The molecule has 0 aliphatic carbocycles. The maximum absolute atomic E-state index is 5.49. The van der Waals surface area contributed by atoms with Crippen molar-refractivity contribution < 1.29 is 19.5 Å². The Kier molecular flexibility index (Phi) is 10.0. The Labute approximate surface area is 363 Å². The Balaban J connectivity index is 0.00000462. The number of rotatable bonds is 5. The number of aryl methyl sites for hydroxylation is 6. The van der Waals surface area contributed by atoms with Gasteiger partial charge in [0, 0.05) is 23.7 Å². The minimum Gasteiger partial charge on any atom is -0.657 e. The SMILES string of the molecule is Cc1cc(C)c(-c2c3nc(c(-c4ccc(/C(=C5\C=CC=N5)c5ccc[nH]5)cc4)c4ccc([n-]4)c(-c4c(C)cc(C)cc4C)c4nc(cc5ccc2[n-]5)C=C4)C=C3)c(C)c1.[Zn+2]. The quantitative estimate of drug-likeness (QED) is 0.175. The molecule has 4 aromatic heterocycles. The van der Waals surface area contributed by atoms with Gasteiger partial charge in [0.05, 0.1) is 28.5 Å². The van der Waals surface area contributed by atoms with E-state index in [-0.39, 0.29) is 19.5 Å². The molecule has 3 aliphatic heterocycles. The molecule has 286 valence electrons. The van der Waals surface area contributed by atoms with Gasteiger partial charge < -0.3 is 15.0 Å². The first-order chi connectivity index (χ1) is 28.7. The third-order valence-electron chi connectivity index (χ3n) is 11.4. The van der Waals surface area contributed by atoms with Crippen LogP contribution in [0.3, 0.4) is 0 Å². The third-order valence-corrected chi connectivity index (χ3v) is 11.4. The fraction of sp³-hybridized carbons (Fsp3) is 0.113. The predicted molar refractivity (Wildman–Crippen MR) is 246 cm³/mol. The van der Waals surface area contributed by atoms with Gasteiger partial charge in [-0.3, -0.25) is 4.99 Å². The van der Waals surface area contributed by atoms with Crippen molar-refractivity contribution in [2.24, 2.45) is 4.99 Å². The van der Waals surface area contributed by atoms with Crippen molar-refractivity contribution in [2.45, 2.75) is 41.5 Å². The zero-order chi connectivity index (χ0) is 40.4. The van der Waals surface area contributed by atoms with Crippen molar-refractivity contribution in [3.8, 4) is 33.4 Å². The molecule has 0 radical (unpaired) electrons. The van der Waals surface area contributed by atoms with Crippen LogP contribution < -0.4 is 9.97 Å². The number of nitrogens with zero attached hydrogens (tertiary/aromatic N) is 5. The van der Waals surface area contributed by atoms with Gasteiger partial charge in [-0.15, -0.1) is 22.1 Å². The molecule has 0 saturated heterocycles. The summed E-state index contributed by atoms with van der Waals surface area (Å²) in [5.74, 6) is 0. The molecule has 3 aromatic carbocycles. The number of benzene rings is 3. The van der Waals surface area contributed by atoms with Gasteiger partial charge >= 0.3 is 19.5 Å². The average molecular weight is 828 g/mol. The molecule has 3 aliphatic rings. The topological polar surface area (TPSA) is 82.1 Å². The number of aromatic nitrogens is 5. The Morgan fingerprint density at radius 2 is 1.10 bits per heavy atom. The van der Waals surface area contributed by atoms with Gasteiger partial charge in [0.25, 0.3) is 0 Å². The van der Waals surface area contributed by atoms with Crippen molar-refractivity contribution in [1.82, 2.24) is 24.9 Å². The van der Waals surface area contributed by atoms with E-state index in [2.05, 4.69) is 167 Å². The summed E-state index contributed by atoms with van der Waals surface area (Å²) >= 11 is 0. The third kappa shape index (κ3) is 6.89. The molecule has 10 rings (SSSR count). The molecule has 7 heterocycles. The number of fused-ring (bicyclic) bond motifs is 8. The van der Waals surface area contributed by atoms with E-state index in [1.54, 1.807) is 0 Å². The number of aliphatic imine (C=N–C) groups is 1. The molecule has 6 nitrogen and oxygen atoms in total. The van der Waals surface area contributed by atoms with Gasteiger partial charge in [0.15, 0.2) is 0 Å². The molecule has 60 heavy (non-hydrogen) atoms. The summed E-state index contributed by atoms with van der Waals surface area (Å²) < 4.78 is 0. The summed E-state index contributed by atoms with van der Waals surface area (Å²) in [4.78, 5) is 29.5. The van der Waals surface area contributed by atoms with Crippen LogP contribution in [0.15, 0.2) is 120 Å². The Morgan fingerprint density at radius 3 is 1.70 bits per heavy atom. The van der Waals surface area contributed by atoms with E-state index in [0.717, 1.165) is 101 Å². The molecule has 0 unspecified atom stereocenters.